The number of hydrogen-bond donors (Lipinski definition) is 2. The first kappa shape index (κ1) is 19.0. The summed E-state index contributed by atoms with van der Waals surface area (Å²) in [5.41, 5.74) is 0.628. The molecule has 1 atom stereocenters. The standard InChI is InChI=1S/C15H22BrCl2NO2/c1-2-3-4-5-6-21-10-12(20)9-19-15-13(17)7-11(16)8-14(15)18/h7-8,12,19-20H,2-6,9-10H2,1H3. The Labute approximate surface area is 145 Å². The molecule has 0 bridgehead atoms. The van der Waals surface area contributed by atoms with Crippen LogP contribution in [0.4, 0.5) is 5.69 Å². The van der Waals surface area contributed by atoms with Gasteiger partial charge in [0, 0.05) is 17.6 Å². The molecular weight excluding hydrogens is 377 g/mol. The van der Waals surface area contributed by atoms with E-state index in [0.29, 0.717) is 35.5 Å². The fraction of sp³-hybridized carbons (Fsp3) is 0.600. The van der Waals surface area contributed by atoms with Gasteiger partial charge in [0.2, 0.25) is 0 Å². The molecule has 120 valence electrons. The third-order valence-electron chi connectivity index (χ3n) is 2.97. The number of nitrogens with one attached hydrogen (secondary N) is 1. The molecule has 0 spiro atoms. The molecule has 2 N–H and O–H groups in total. The van der Waals surface area contributed by atoms with E-state index in [9.17, 15) is 5.11 Å². The molecule has 0 radical (unpaired) electrons. The lowest BCUT2D eigenvalue weighted by Crippen LogP contribution is -2.25. The van der Waals surface area contributed by atoms with Gasteiger partial charge in [-0.2, -0.15) is 0 Å². The normalized spacial score (nSPS) is 12.4. The maximum atomic E-state index is 9.87. The summed E-state index contributed by atoms with van der Waals surface area (Å²) in [4.78, 5) is 0. The van der Waals surface area contributed by atoms with E-state index in [0.717, 1.165) is 10.9 Å². The van der Waals surface area contributed by atoms with Crippen molar-refractivity contribution in [3.05, 3.63) is 26.7 Å². The minimum atomic E-state index is -0.591. The second-order valence-electron chi connectivity index (χ2n) is 4.91. The summed E-state index contributed by atoms with van der Waals surface area (Å²) in [6, 6.07) is 3.51. The molecule has 21 heavy (non-hydrogen) atoms. The molecule has 0 saturated carbocycles. The van der Waals surface area contributed by atoms with Crippen LogP contribution < -0.4 is 5.32 Å². The predicted octanol–water partition coefficient (Wildman–Crippen LogP) is 5.13. The second kappa shape index (κ2) is 10.7. The van der Waals surface area contributed by atoms with Gasteiger partial charge in [0.05, 0.1) is 28.4 Å². The molecule has 1 aromatic rings. The molecule has 0 aromatic heterocycles. The van der Waals surface area contributed by atoms with Gasteiger partial charge in [-0.25, -0.2) is 0 Å². The summed E-state index contributed by atoms with van der Waals surface area (Å²) in [6.45, 7) is 3.52. The number of aliphatic hydroxyl groups is 1. The number of hydrogen-bond acceptors (Lipinski definition) is 3. The summed E-state index contributed by atoms with van der Waals surface area (Å²) < 4.78 is 6.27. The summed E-state index contributed by atoms with van der Waals surface area (Å²) in [5.74, 6) is 0. The van der Waals surface area contributed by atoms with E-state index in [1.807, 2.05) is 0 Å². The monoisotopic (exact) mass is 397 g/mol. The molecule has 1 aromatic carbocycles. The van der Waals surface area contributed by atoms with Crippen LogP contribution in [0.5, 0.6) is 0 Å². The van der Waals surface area contributed by atoms with Gasteiger partial charge in [0.15, 0.2) is 0 Å². The van der Waals surface area contributed by atoms with Crippen LogP contribution >= 0.6 is 39.1 Å². The zero-order valence-electron chi connectivity index (χ0n) is 12.2. The Balaban J connectivity index is 2.25. The van der Waals surface area contributed by atoms with E-state index in [1.54, 1.807) is 12.1 Å². The third kappa shape index (κ3) is 7.71. The van der Waals surface area contributed by atoms with Gasteiger partial charge in [-0.3, -0.25) is 0 Å². The van der Waals surface area contributed by atoms with E-state index in [4.69, 9.17) is 27.9 Å². The minimum absolute atomic E-state index is 0.310. The van der Waals surface area contributed by atoms with Gasteiger partial charge in [0.25, 0.3) is 0 Å². The number of halogens is 3. The van der Waals surface area contributed by atoms with Crippen molar-refractivity contribution in [1.82, 2.24) is 0 Å². The molecule has 1 unspecified atom stereocenters. The Hall–Kier alpha value is -0.0000000000000000555. The Morgan fingerprint density at radius 3 is 2.52 bits per heavy atom. The van der Waals surface area contributed by atoms with E-state index >= 15 is 0 Å². The third-order valence-corrected chi connectivity index (χ3v) is 4.03. The molecular formula is C15H22BrCl2NO2. The Bertz CT molecular complexity index is 409. The molecule has 0 amide bonds. The van der Waals surface area contributed by atoms with Gasteiger partial charge in [-0.15, -0.1) is 0 Å². The lowest BCUT2D eigenvalue weighted by atomic mass is 10.2. The number of aliphatic hydroxyl groups excluding tert-OH is 1. The lowest BCUT2D eigenvalue weighted by molar-refractivity contribution is 0.0417. The van der Waals surface area contributed by atoms with Crippen LogP contribution in [0.15, 0.2) is 16.6 Å². The van der Waals surface area contributed by atoms with Gasteiger partial charge < -0.3 is 15.2 Å². The van der Waals surface area contributed by atoms with Gasteiger partial charge in [0.1, 0.15) is 0 Å². The number of benzene rings is 1. The second-order valence-corrected chi connectivity index (χ2v) is 6.64. The lowest BCUT2D eigenvalue weighted by Gasteiger charge is -2.15. The van der Waals surface area contributed by atoms with Crippen LogP contribution in [0.1, 0.15) is 32.6 Å². The Morgan fingerprint density at radius 2 is 1.90 bits per heavy atom. The van der Waals surface area contributed by atoms with Gasteiger partial charge >= 0.3 is 0 Å². The van der Waals surface area contributed by atoms with Crippen LogP contribution in [-0.4, -0.2) is 31.0 Å². The number of rotatable bonds is 10. The number of anilines is 1. The zero-order chi connectivity index (χ0) is 15.7. The molecule has 1 rings (SSSR count). The maximum Gasteiger partial charge on any atom is 0.0945 e. The van der Waals surface area contributed by atoms with E-state index in [1.165, 1.54) is 19.3 Å². The molecule has 0 fully saturated rings. The van der Waals surface area contributed by atoms with Crippen LogP contribution in [0.3, 0.4) is 0 Å². The fourth-order valence-electron chi connectivity index (χ4n) is 1.84. The molecule has 0 saturated heterocycles. The molecule has 6 heteroatoms. The van der Waals surface area contributed by atoms with Crippen LogP contribution in [-0.2, 0) is 4.74 Å². The quantitative estimate of drug-likeness (QED) is 0.537. The molecule has 0 aliphatic carbocycles. The first-order chi connectivity index (χ1) is 10.0. The number of unbranched alkanes of at least 4 members (excludes halogenated alkanes) is 3. The highest BCUT2D eigenvalue weighted by Crippen LogP contribution is 2.33. The van der Waals surface area contributed by atoms with Crippen molar-refractivity contribution in [2.24, 2.45) is 0 Å². The average Bonchev–Trinajstić information content (AvgIpc) is 2.41. The van der Waals surface area contributed by atoms with Crippen molar-refractivity contribution in [2.45, 2.75) is 38.7 Å². The van der Waals surface area contributed by atoms with Crippen LogP contribution in [0, 0.1) is 0 Å². The Kier molecular flexibility index (Phi) is 9.69. The van der Waals surface area contributed by atoms with Crippen molar-refractivity contribution in [1.29, 1.82) is 0 Å². The van der Waals surface area contributed by atoms with Crippen LogP contribution in [0.2, 0.25) is 10.0 Å². The summed E-state index contributed by atoms with van der Waals surface area (Å²) >= 11 is 15.5. The Morgan fingerprint density at radius 1 is 1.24 bits per heavy atom. The van der Waals surface area contributed by atoms with E-state index in [-0.39, 0.29) is 0 Å². The van der Waals surface area contributed by atoms with Crippen molar-refractivity contribution in [2.75, 3.05) is 25.1 Å². The summed E-state index contributed by atoms with van der Waals surface area (Å²) in [7, 11) is 0. The summed E-state index contributed by atoms with van der Waals surface area (Å²) in [6.07, 6.45) is 4.06. The van der Waals surface area contributed by atoms with Gasteiger partial charge in [-0.1, -0.05) is 65.3 Å². The smallest absolute Gasteiger partial charge is 0.0945 e. The molecule has 0 heterocycles. The number of ether oxygens (including phenoxy) is 1. The minimum Gasteiger partial charge on any atom is -0.389 e. The first-order valence-corrected chi connectivity index (χ1v) is 8.73. The van der Waals surface area contributed by atoms with E-state index < -0.39 is 6.10 Å². The molecule has 3 nitrogen and oxygen atoms in total. The van der Waals surface area contributed by atoms with Gasteiger partial charge in [-0.05, 0) is 18.6 Å². The van der Waals surface area contributed by atoms with Crippen molar-refractivity contribution < 1.29 is 9.84 Å². The first-order valence-electron chi connectivity index (χ1n) is 7.18. The maximum absolute atomic E-state index is 9.87. The van der Waals surface area contributed by atoms with E-state index in [2.05, 4.69) is 28.2 Å². The molecule has 0 aliphatic heterocycles. The van der Waals surface area contributed by atoms with Crippen molar-refractivity contribution in [3.8, 4) is 0 Å². The topological polar surface area (TPSA) is 41.5 Å². The SMILES string of the molecule is CCCCCCOCC(O)CNc1c(Cl)cc(Br)cc1Cl. The fourth-order valence-corrected chi connectivity index (χ4v) is 3.18. The summed E-state index contributed by atoms with van der Waals surface area (Å²) in [5, 5.41) is 14.0. The average molecular weight is 399 g/mol. The van der Waals surface area contributed by atoms with Crippen molar-refractivity contribution in [3.63, 3.8) is 0 Å². The van der Waals surface area contributed by atoms with Crippen molar-refractivity contribution >= 4 is 44.8 Å². The predicted molar refractivity (Wildman–Crippen MR) is 93.6 cm³/mol. The largest absolute Gasteiger partial charge is 0.389 e. The zero-order valence-corrected chi connectivity index (χ0v) is 15.3. The highest BCUT2D eigenvalue weighted by molar-refractivity contribution is 9.10. The highest BCUT2D eigenvalue weighted by Gasteiger charge is 2.10. The van der Waals surface area contributed by atoms with Crippen LogP contribution in [0.25, 0.3) is 0 Å². The highest BCUT2D eigenvalue weighted by atomic mass is 79.9. The molecule has 0 aliphatic rings.